The number of aromatic nitrogens is 2. The molecule has 0 unspecified atom stereocenters. The van der Waals surface area contributed by atoms with Crippen molar-refractivity contribution >= 4 is 45.3 Å². The predicted octanol–water partition coefficient (Wildman–Crippen LogP) is 12.8. The molecule has 0 radical (unpaired) electrons. The van der Waals surface area contributed by atoms with E-state index in [1.54, 1.807) is 0 Å². The van der Waals surface area contributed by atoms with Crippen LogP contribution in [0.1, 0.15) is 22.3 Å². The van der Waals surface area contributed by atoms with Gasteiger partial charge in [-0.15, -0.1) is 0 Å². The fourth-order valence-corrected chi connectivity index (χ4v) is 11.2. The third-order valence-corrected chi connectivity index (χ3v) is 13.1. The SMILES string of the molecule is c1ccc(-n2c3ccccc3c3ccc(-c4cccc5c4Sc4cc(-c6ccccn6)ccc4C54c5ccccc5Sc5ccccc54)cc32)cc1. The van der Waals surface area contributed by atoms with Crippen LogP contribution in [0.25, 0.3) is 49.9 Å². The molecule has 4 heterocycles. The third kappa shape index (κ3) is 4.25. The molecule has 11 rings (SSSR count). The molecule has 0 saturated carbocycles. The molecule has 1 spiro atoms. The zero-order valence-corrected chi connectivity index (χ0v) is 29.7. The van der Waals surface area contributed by atoms with E-state index in [1.165, 1.54) is 74.8 Å². The molecule has 244 valence electrons. The standard InChI is InChI=1S/C48H30N2S2/c1-2-13-33(14-3-1)50-42-21-7-4-15-35(42)36-26-24-31(29-43(36)50)34-16-12-19-40-47(34)52-46-30-32(41-20-10-11-28-49-41)25-27-39(46)48(40)37-17-5-8-22-44(37)51-45-23-9-6-18-38(45)48/h1-30H. The summed E-state index contributed by atoms with van der Waals surface area (Å²) in [5.74, 6) is 0. The molecule has 52 heavy (non-hydrogen) atoms. The van der Waals surface area contributed by atoms with Crippen LogP contribution in [-0.2, 0) is 5.41 Å². The van der Waals surface area contributed by atoms with Gasteiger partial charge in [0.2, 0.25) is 0 Å². The highest BCUT2D eigenvalue weighted by molar-refractivity contribution is 8.00. The van der Waals surface area contributed by atoms with E-state index < -0.39 is 5.41 Å². The maximum absolute atomic E-state index is 4.75. The Labute approximate surface area is 310 Å². The van der Waals surface area contributed by atoms with E-state index in [0.29, 0.717) is 0 Å². The second kappa shape index (κ2) is 11.6. The van der Waals surface area contributed by atoms with E-state index in [9.17, 15) is 0 Å². The third-order valence-electron chi connectivity index (χ3n) is 10.8. The Hall–Kier alpha value is -5.81. The van der Waals surface area contributed by atoms with Gasteiger partial charge in [-0.2, -0.15) is 0 Å². The summed E-state index contributed by atoms with van der Waals surface area (Å²) in [5, 5.41) is 2.52. The highest BCUT2D eigenvalue weighted by atomic mass is 32.2. The van der Waals surface area contributed by atoms with Gasteiger partial charge in [0.25, 0.3) is 0 Å². The van der Waals surface area contributed by atoms with Crippen LogP contribution < -0.4 is 0 Å². The van der Waals surface area contributed by atoms with Gasteiger partial charge < -0.3 is 4.57 Å². The van der Waals surface area contributed by atoms with Gasteiger partial charge in [-0.1, -0.05) is 145 Å². The van der Waals surface area contributed by atoms with Crippen LogP contribution in [0, 0.1) is 0 Å². The average Bonchev–Trinajstić information content (AvgIpc) is 3.54. The van der Waals surface area contributed by atoms with E-state index in [-0.39, 0.29) is 0 Å². The number of pyridine rings is 1. The fraction of sp³-hybridized carbons (Fsp3) is 0.0208. The van der Waals surface area contributed by atoms with Gasteiger partial charge in [0.05, 0.1) is 22.1 Å². The Morgan fingerprint density at radius 3 is 1.92 bits per heavy atom. The molecule has 7 aromatic carbocycles. The fourth-order valence-electron chi connectivity index (χ4n) is 8.60. The topological polar surface area (TPSA) is 17.8 Å². The van der Waals surface area contributed by atoms with Crippen LogP contribution in [0.5, 0.6) is 0 Å². The van der Waals surface area contributed by atoms with Gasteiger partial charge in [0.1, 0.15) is 0 Å². The first-order valence-electron chi connectivity index (χ1n) is 17.6. The number of nitrogens with zero attached hydrogens (tertiary/aromatic N) is 2. The smallest absolute Gasteiger partial charge is 0.0745 e. The largest absolute Gasteiger partial charge is 0.309 e. The summed E-state index contributed by atoms with van der Waals surface area (Å²) in [6.07, 6.45) is 1.88. The molecule has 2 aliphatic rings. The van der Waals surface area contributed by atoms with Crippen molar-refractivity contribution in [3.63, 3.8) is 0 Å². The number of hydrogen-bond donors (Lipinski definition) is 0. The van der Waals surface area contributed by atoms with E-state index in [1.807, 2.05) is 35.8 Å². The minimum absolute atomic E-state index is 0.490. The van der Waals surface area contributed by atoms with Crippen LogP contribution in [0.3, 0.4) is 0 Å². The molecule has 2 aromatic heterocycles. The summed E-state index contributed by atoms with van der Waals surface area (Å²) in [6.45, 7) is 0. The van der Waals surface area contributed by atoms with Crippen LogP contribution in [0.4, 0.5) is 0 Å². The van der Waals surface area contributed by atoms with Crippen LogP contribution >= 0.6 is 23.5 Å². The van der Waals surface area contributed by atoms with Crippen LogP contribution in [-0.4, -0.2) is 9.55 Å². The van der Waals surface area contributed by atoms with E-state index >= 15 is 0 Å². The number of para-hydroxylation sites is 2. The Balaban J connectivity index is 1.22. The van der Waals surface area contributed by atoms with E-state index in [4.69, 9.17) is 4.98 Å². The Kier molecular flexibility index (Phi) is 6.67. The molecule has 0 fully saturated rings. The van der Waals surface area contributed by atoms with Gasteiger partial charge in [0, 0.05) is 47.8 Å². The first-order chi connectivity index (χ1) is 25.8. The molecule has 4 heteroatoms. The molecule has 0 amide bonds. The normalized spacial score (nSPS) is 13.8. The van der Waals surface area contributed by atoms with Gasteiger partial charge in [0.15, 0.2) is 0 Å². The summed E-state index contributed by atoms with van der Waals surface area (Å²) >= 11 is 3.78. The number of benzene rings is 7. The van der Waals surface area contributed by atoms with Crippen LogP contribution in [0.15, 0.2) is 202 Å². The van der Waals surface area contributed by atoms with Crippen molar-refractivity contribution in [2.75, 3.05) is 0 Å². The Bertz CT molecular complexity index is 2810. The Morgan fingerprint density at radius 1 is 0.442 bits per heavy atom. The molecular formula is C48H30N2S2. The summed E-state index contributed by atoms with van der Waals surface area (Å²) < 4.78 is 2.41. The molecular weight excluding hydrogens is 669 g/mol. The summed E-state index contributed by atoms with van der Waals surface area (Å²) in [6, 6.07) is 64.7. The lowest BCUT2D eigenvalue weighted by Crippen LogP contribution is -2.36. The molecule has 0 atom stereocenters. The zero-order chi connectivity index (χ0) is 34.2. The molecule has 9 aromatic rings. The van der Waals surface area contributed by atoms with Crippen molar-refractivity contribution in [1.29, 1.82) is 0 Å². The highest BCUT2D eigenvalue weighted by Crippen LogP contribution is 2.63. The lowest BCUT2D eigenvalue weighted by Gasteiger charge is -2.46. The van der Waals surface area contributed by atoms with E-state index in [2.05, 4.69) is 174 Å². The number of rotatable bonds is 3. The van der Waals surface area contributed by atoms with Gasteiger partial charge in [-0.25, -0.2) is 0 Å². The maximum Gasteiger partial charge on any atom is 0.0745 e. The molecule has 2 nitrogen and oxygen atoms in total. The second-order valence-corrected chi connectivity index (χ2v) is 15.6. The molecule has 0 N–H and O–H groups in total. The number of fused-ring (bicyclic) bond motifs is 11. The number of hydrogen-bond acceptors (Lipinski definition) is 3. The van der Waals surface area contributed by atoms with Gasteiger partial charge in [-0.3, -0.25) is 4.98 Å². The first kappa shape index (κ1) is 29.9. The second-order valence-electron chi connectivity index (χ2n) is 13.5. The van der Waals surface area contributed by atoms with Crippen molar-refractivity contribution in [3.8, 4) is 28.1 Å². The van der Waals surface area contributed by atoms with Gasteiger partial charge in [-0.05, 0) is 88.0 Å². The van der Waals surface area contributed by atoms with Crippen molar-refractivity contribution in [3.05, 3.63) is 204 Å². The predicted molar refractivity (Wildman–Crippen MR) is 216 cm³/mol. The van der Waals surface area contributed by atoms with Crippen molar-refractivity contribution in [2.24, 2.45) is 0 Å². The summed E-state index contributed by atoms with van der Waals surface area (Å²) in [7, 11) is 0. The average molecular weight is 699 g/mol. The van der Waals surface area contributed by atoms with Crippen molar-refractivity contribution in [2.45, 2.75) is 25.0 Å². The lowest BCUT2D eigenvalue weighted by molar-refractivity contribution is 0.668. The van der Waals surface area contributed by atoms with E-state index in [0.717, 1.165) is 16.9 Å². The lowest BCUT2D eigenvalue weighted by atomic mass is 9.64. The first-order valence-corrected chi connectivity index (χ1v) is 19.3. The Morgan fingerprint density at radius 2 is 1.12 bits per heavy atom. The van der Waals surface area contributed by atoms with Crippen LogP contribution in [0.2, 0.25) is 0 Å². The maximum atomic E-state index is 4.75. The quantitative estimate of drug-likeness (QED) is 0.183. The van der Waals surface area contributed by atoms with Crippen molar-refractivity contribution in [1.82, 2.24) is 9.55 Å². The summed E-state index contributed by atoms with van der Waals surface area (Å²) in [4.78, 5) is 9.92. The summed E-state index contributed by atoms with van der Waals surface area (Å²) in [5.41, 5.74) is 13.0. The minimum atomic E-state index is -0.490. The molecule has 0 aliphatic carbocycles. The van der Waals surface area contributed by atoms with Gasteiger partial charge >= 0.3 is 0 Å². The van der Waals surface area contributed by atoms with Crippen molar-refractivity contribution < 1.29 is 0 Å². The molecule has 2 aliphatic heterocycles. The molecule has 0 bridgehead atoms. The minimum Gasteiger partial charge on any atom is -0.309 e. The zero-order valence-electron chi connectivity index (χ0n) is 28.0. The monoisotopic (exact) mass is 698 g/mol. The molecule has 0 saturated heterocycles. The highest BCUT2D eigenvalue weighted by Gasteiger charge is 2.49.